The van der Waals surface area contributed by atoms with Gasteiger partial charge in [-0.3, -0.25) is 9.78 Å². The van der Waals surface area contributed by atoms with Crippen molar-refractivity contribution in [2.24, 2.45) is 5.73 Å². The first-order valence-corrected chi connectivity index (χ1v) is 5.98. The maximum atomic E-state index is 12.5. The molecule has 1 heterocycles. The summed E-state index contributed by atoms with van der Waals surface area (Å²) in [6, 6.07) is 0. The molecule has 0 aliphatic carbocycles. The van der Waals surface area contributed by atoms with Gasteiger partial charge in [0, 0.05) is 18.3 Å². The van der Waals surface area contributed by atoms with Crippen molar-refractivity contribution in [3.05, 3.63) is 17.5 Å². The molecule has 0 atom stereocenters. The molecular formula is C12H15F3N2O4. The number of halogens is 3. The lowest BCUT2D eigenvalue weighted by Crippen LogP contribution is -2.21. The van der Waals surface area contributed by atoms with E-state index in [0.717, 1.165) is 7.11 Å². The summed E-state index contributed by atoms with van der Waals surface area (Å²) in [6.07, 6.45) is -4.01. The Morgan fingerprint density at radius 1 is 1.38 bits per heavy atom. The molecule has 0 amide bonds. The zero-order valence-corrected chi connectivity index (χ0v) is 11.5. The van der Waals surface area contributed by atoms with E-state index in [9.17, 15) is 18.0 Å². The molecule has 21 heavy (non-hydrogen) atoms. The first-order chi connectivity index (χ1) is 9.82. The summed E-state index contributed by atoms with van der Waals surface area (Å²) in [4.78, 5) is 15.2. The van der Waals surface area contributed by atoms with E-state index < -0.39 is 18.1 Å². The summed E-state index contributed by atoms with van der Waals surface area (Å²) < 4.78 is 50.9. The van der Waals surface area contributed by atoms with Crippen molar-refractivity contribution in [2.45, 2.75) is 26.3 Å². The van der Waals surface area contributed by atoms with Crippen molar-refractivity contribution < 1.29 is 32.2 Å². The molecule has 0 bridgehead atoms. The third-order valence-electron chi connectivity index (χ3n) is 2.39. The topological polar surface area (TPSA) is 83.7 Å². The Bertz CT molecular complexity index is 506. The lowest BCUT2D eigenvalue weighted by atomic mass is 10.1. The van der Waals surface area contributed by atoms with Crippen LogP contribution in [0.25, 0.3) is 0 Å². The van der Waals surface area contributed by atoms with Gasteiger partial charge < -0.3 is 19.9 Å². The maximum absolute atomic E-state index is 12.5. The highest BCUT2D eigenvalue weighted by Crippen LogP contribution is 2.37. The van der Waals surface area contributed by atoms with Gasteiger partial charge in [0.15, 0.2) is 11.5 Å². The fourth-order valence-electron chi connectivity index (χ4n) is 1.63. The molecule has 1 aromatic rings. The average molecular weight is 308 g/mol. The summed E-state index contributed by atoms with van der Waals surface area (Å²) in [5.41, 5.74) is 5.33. The highest BCUT2D eigenvalue weighted by molar-refractivity contribution is 5.74. The van der Waals surface area contributed by atoms with Crippen molar-refractivity contribution in [3.63, 3.8) is 0 Å². The minimum atomic E-state index is -4.93. The lowest BCUT2D eigenvalue weighted by molar-refractivity contribution is -0.275. The maximum Gasteiger partial charge on any atom is 0.573 e. The van der Waals surface area contributed by atoms with Gasteiger partial charge in [-0.05, 0) is 6.92 Å². The SMILES string of the molecule is CCOC(=O)Cc1cnc(CN)c(OC(F)(F)F)c1OC. The molecular weight excluding hydrogens is 293 g/mol. The highest BCUT2D eigenvalue weighted by Gasteiger charge is 2.35. The van der Waals surface area contributed by atoms with Crippen LogP contribution in [0.2, 0.25) is 0 Å². The summed E-state index contributed by atoms with van der Waals surface area (Å²) in [5, 5.41) is 0. The molecule has 1 aromatic heterocycles. The van der Waals surface area contributed by atoms with Crippen molar-refractivity contribution in [2.75, 3.05) is 13.7 Å². The van der Waals surface area contributed by atoms with E-state index in [4.69, 9.17) is 15.2 Å². The van der Waals surface area contributed by atoms with Crippen LogP contribution in [0.4, 0.5) is 13.2 Å². The normalized spacial score (nSPS) is 11.1. The Morgan fingerprint density at radius 3 is 2.52 bits per heavy atom. The fourth-order valence-corrected chi connectivity index (χ4v) is 1.63. The van der Waals surface area contributed by atoms with E-state index in [1.165, 1.54) is 6.20 Å². The number of hydrogen-bond donors (Lipinski definition) is 1. The first kappa shape index (κ1) is 17.0. The number of nitrogens with two attached hydrogens (primary N) is 1. The number of carbonyl (C=O) groups is 1. The van der Waals surface area contributed by atoms with Gasteiger partial charge in [-0.25, -0.2) is 0 Å². The third kappa shape index (κ3) is 4.78. The quantitative estimate of drug-likeness (QED) is 0.803. The number of rotatable bonds is 6. The van der Waals surface area contributed by atoms with Crippen LogP contribution in [0, 0.1) is 0 Å². The van der Waals surface area contributed by atoms with Crippen molar-refractivity contribution in [3.8, 4) is 11.5 Å². The third-order valence-corrected chi connectivity index (χ3v) is 2.39. The molecule has 0 unspecified atom stereocenters. The molecule has 9 heteroatoms. The largest absolute Gasteiger partial charge is 0.573 e. The summed E-state index contributed by atoms with van der Waals surface area (Å²) in [6.45, 7) is 1.49. The van der Waals surface area contributed by atoms with E-state index in [0.29, 0.717) is 0 Å². The Labute approximate surface area is 119 Å². The zero-order valence-electron chi connectivity index (χ0n) is 11.5. The standard InChI is InChI=1S/C12H15F3N2O4/c1-3-20-9(18)4-7-6-17-8(5-16)11(10(7)19-2)21-12(13,14)15/h6H,3-5,16H2,1-2H3. The molecule has 0 spiro atoms. The number of alkyl halides is 3. The molecule has 0 radical (unpaired) electrons. The molecule has 0 aliphatic heterocycles. The van der Waals surface area contributed by atoms with E-state index >= 15 is 0 Å². The second-order valence-corrected chi connectivity index (χ2v) is 3.83. The monoisotopic (exact) mass is 308 g/mol. The molecule has 0 saturated heterocycles. The number of hydrogen-bond acceptors (Lipinski definition) is 6. The molecule has 1 rings (SSSR count). The van der Waals surface area contributed by atoms with Gasteiger partial charge in [-0.1, -0.05) is 0 Å². The Kier molecular flexibility index (Phi) is 5.77. The van der Waals surface area contributed by atoms with Crippen molar-refractivity contribution >= 4 is 5.97 Å². The van der Waals surface area contributed by atoms with Gasteiger partial charge in [-0.15, -0.1) is 13.2 Å². The van der Waals surface area contributed by atoms with Gasteiger partial charge in [0.05, 0.1) is 20.1 Å². The van der Waals surface area contributed by atoms with E-state index in [2.05, 4.69) is 9.72 Å². The number of ether oxygens (including phenoxy) is 3. The van der Waals surface area contributed by atoms with Gasteiger partial charge in [0.25, 0.3) is 0 Å². The summed E-state index contributed by atoms with van der Waals surface area (Å²) >= 11 is 0. The molecule has 118 valence electrons. The van der Waals surface area contributed by atoms with E-state index in [-0.39, 0.29) is 36.6 Å². The van der Waals surface area contributed by atoms with E-state index in [1.807, 2.05) is 0 Å². The van der Waals surface area contributed by atoms with Gasteiger partial charge in [-0.2, -0.15) is 0 Å². The molecule has 6 nitrogen and oxygen atoms in total. The number of aromatic nitrogens is 1. The predicted octanol–water partition coefficient (Wildman–Crippen LogP) is 1.55. The lowest BCUT2D eigenvalue weighted by Gasteiger charge is -2.17. The number of esters is 1. The Hall–Kier alpha value is -2.03. The zero-order chi connectivity index (χ0) is 16.0. The predicted molar refractivity (Wildman–Crippen MR) is 65.7 cm³/mol. The van der Waals surface area contributed by atoms with Crippen LogP contribution in [-0.4, -0.2) is 31.0 Å². The van der Waals surface area contributed by atoms with Crippen LogP contribution in [-0.2, 0) is 22.5 Å². The van der Waals surface area contributed by atoms with Crippen LogP contribution in [0.3, 0.4) is 0 Å². The molecule has 0 aromatic carbocycles. The molecule has 0 aliphatic rings. The minimum Gasteiger partial charge on any atom is -0.492 e. The number of pyridine rings is 1. The van der Waals surface area contributed by atoms with Gasteiger partial charge in [0.1, 0.15) is 5.69 Å². The second-order valence-electron chi connectivity index (χ2n) is 3.83. The molecule has 0 fully saturated rings. The minimum absolute atomic E-state index is 0.118. The van der Waals surface area contributed by atoms with Crippen LogP contribution in [0.1, 0.15) is 18.2 Å². The fraction of sp³-hybridized carbons (Fsp3) is 0.500. The van der Waals surface area contributed by atoms with Crippen LogP contribution in [0.5, 0.6) is 11.5 Å². The summed E-state index contributed by atoms with van der Waals surface area (Å²) in [7, 11) is 1.16. The highest BCUT2D eigenvalue weighted by atomic mass is 19.4. The van der Waals surface area contributed by atoms with Crippen LogP contribution in [0.15, 0.2) is 6.20 Å². The molecule has 0 saturated carbocycles. The number of carbonyl (C=O) groups excluding carboxylic acids is 1. The smallest absolute Gasteiger partial charge is 0.492 e. The number of methoxy groups -OCH3 is 1. The summed E-state index contributed by atoms with van der Waals surface area (Å²) in [5.74, 6) is -1.50. The van der Waals surface area contributed by atoms with Crippen molar-refractivity contribution in [1.29, 1.82) is 0 Å². The number of nitrogens with zero attached hydrogens (tertiary/aromatic N) is 1. The van der Waals surface area contributed by atoms with Gasteiger partial charge >= 0.3 is 12.3 Å². The van der Waals surface area contributed by atoms with Gasteiger partial charge in [0.2, 0.25) is 0 Å². The Balaban J connectivity index is 3.22. The average Bonchev–Trinajstić information content (AvgIpc) is 2.37. The van der Waals surface area contributed by atoms with E-state index in [1.54, 1.807) is 6.92 Å². The Morgan fingerprint density at radius 2 is 2.05 bits per heavy atom. The van der Waals surface area contributed by atoms with Crippen molar-refractivity contribution in [1.82, 2.24) is 4.98 Å². The second kappa shape index (κ2) is 7.11. The van der Waals surface area contributed by atoms with Crippen LogP contribution >= 0.6 is 0 Å². The first-order valence-electron chi connectivity index (χ1n) is 5.98. The van der Waals surface area contributed by atoms with Crippen LogP contribution < -0.4 is 15.2 Å². The molecule has 2 N–H and O–H groups in total.